The third kappa shape index (κ3) is 4.07. The van der Waals surface area contributed by atoms with Crippen LogP contribution < -0.4 is 5.32 Å². The van der Waals surface area contributed by atoms with Crippen molar-refractivity contribution in [3.8, 4) is 5.13 Å². The highest BCUT2D eigenvalue weighted by molar-refractivity contribution is 7.89. The Labute approximate surface area is 161 Å². The summed E-state index contributed by atoms with van der Waals surface area (Å²) in [7, 11) is -3.54. The lowest BCUT2D eigenvalue weighted by Gasteiger charge is -2.18. The zero-order valence-corrected chi connectivity index (χ0v) is 16.5. The fourth-order valence-corrected chi connectivity index (χ4v) is 4.55. The van der Waals surface area contributed by atoms with Crippen LogP contribution in [0.1, 0.15) is 24.2 Å². The fourth-order valence-electron chi connectivity index (χ4n) is 2.52. The van der Waals surface area contributed by atoms with Gasteiger partial charge in [-0.05, 0) is 24.3 Å². The lowest BCUT2D eigenvalue weighted by Crippen LogP contribution is -2.30. The molecule has 1 aromatic carbocycles. The second-order valence-corrected chi connectivity index (χ2v) is 8.37. The average Bonchev–Trinajstić information content (AvgIpc) is 3.34. The Morgan fingerprint density at radius 2 is 1.93 bits per heavy atom. The summed E-state index contributed by atoms with van der Waals surface area (Å²) in [6, 6.07) is 5.89. The normalized spacial score (nSPS) is 11.7. The van der Waals surface area contributed by atoms with Gasteiger partial charge >= 0.3 is 0 Å². The molecule has 1 N–H and O–H groups in total. The van der Waals surface area contributed by atoms with E-state index in [1.807, 2.05) is 5.38 Å². The number of anilines is 1. The number of carbonyl (C=O) groups excluding carboxylic acids is 1. The van der Waals surface area contributed by atoms with Crippen molar-refractivity contribution in [3.05, 3.63) is 53.8 Å². The number of rotatable bonds is 7. The molecule has 2 heterocycles. The molecule has 0 aliphatic heterocycles. The van der Waals surface area contributed by atoms with E-state index >= 15 is 0 Å². The van der Waals surface area contributed by atoms with Crippen LogP contribution in [0.5, 0.6) is 0 Å². The van der Waals surface area contributed by atoms with Crippen LogP contribution in [-0.2, 0) is 10.0 Å². The predicted octanol–water partition coefficient (Wildman–Crippen LogP) is 2.61. The summed E-state index contributed by atoms with van der Waals surface area (Å²) in [4.78, 5) is 16.7. The quantitative estimate of drug-likeness (QED) is 0.652. The minimum atomic E-state index is -3.54. The molecule has 3 aromatic rings. The Balaban J connectivity index is 1.73. The highest BCUT2D eigenvalue weighted by atomic mass is 32.2. The van der Waals surface area contributed by atoms with Crippen LogP contribution in [0.25, 0.3) is 5.13 Å². The van der Waals surface area contributed by atoms with Gasteiger partial charge in [-0.25, -0.2) is 18.1 Å². The topological polar surface area (TPSA) is 97.2 Å². The van der Waals surface area contributed by atoms with Crippen LogP contribution >= 0.6 is 11.3 Å². The Hall–Kier alpha value is -2.56. The number of aromatic nitrogens is 3. The van der Waals surface area contributed by atoms with Gasteiger partial charge in [0.1, 0.15) is 0 Å². The molecule has 10 heteroatoms. The summed E-state index contributed by atoms with van der Waals surface area (Å²) < 4.78 is 27.9. The molecule has 3 rings (SSSR count). The van der Waals surface area contributed by atoms with Gasteiger partial charge in [-0.3, -0.25) is 4.79 Å². The van der Waals surface area contributed by atoms with Gasteiger partial charge in [0, 0.05) is 30.2 Å². The van der Waals surface area contributed by atoms with Crippen molar-refractivity contribution in [2.75, 3.05) is 18.4 Å². The molecule has 8 nitrogen and oxygen atoms in total. The van der Waals surface area contributed by atoms with E-state index < -0.39 is 10.0 Å². The Bertz CT molecular complexity index is 1010. The molecule has 142 valence electrons. The summed E-state index contributed by atoms with van der Waals surface area (Å²) in [5.41, 5.74) is 0.880. The first-order valence-corrected chi connectivity index (χ1v) is 10.6. The second kappa shape index (κ2) is 7.99. The highest BCUT2D eigenvalue weighted by Crippen LogP contribution is 2.18. The van der Waals surface area contributed by atoms with Gasteiger partial charge in [0.15, 0.2) is 0 Å². The van der Waals surface area contributed by atoms with Gasteiger partial charge in [0.2, 0.25) is 15.2 Å². The molecule has 0 atom stereocenters. The maximum atomic E-state index is 12.5. The molecule has 0 unspecified atom stereocenters. The van der Waals surface area contributed by atoms with Gasteiger partial charge in [-0.15, -0.1) is 11.3 Å². The van der Waals surface area contributed by atoms with Gasteiger partial charge in [0.05, 0.1) is 23.0 Å². The van der Waals surface area contributed by atoms with E-state index in [1.165, 1.54) is 46.1 Å². The molecule has 1 amide bonds. The first-order chi connectivity index (χ1) is 13.0. The number of amides is 1. The Morgan fingerprint density at radius 1 is 1.22 bits per heavy atom. The minimum Gasteiger partial charge on any atom is -0.319 e. The van der Waals surface area contributed by atoms with Crippen molar-refractivity contribution in [2.24, 2.45) is 0 Å². The molecule has 0 spiro atoms. The molecule has 0 saturated heterocycles. The van der Waals surface area contributed by atoms with Crippen molar-refractivity contribution in [1.29, 1.82) is 0 Å². The maximum absolute atomic E-state index is 12.5. The lowest BCUT2D eigenvalue weighted by molar-refractivity contribution is 0.102. The predicted molar refractivity (Wildman–Crippen MR) is 104 cm³/mol. The largest absolute Gasteiger partial charge is 0.319 e. The van der Waals surface area contributed by atoms with Crippen LogP contribution in [0.2, 0.25) is 0 Å². The first kappa shape index (κ1) is 19.2. The van der Waals surface area contributed by atoms with Gasteiger partial charge in [-0.2, -0.15) is 9.40 Å². The van der Waals surface area contributed by atoms with Crippen molar-refractivity contribution in [3.63, 3.8) is 0 Å². The van der Waals surface area contributed by atoms with Crippen LogP contribution in [0.15, 0.2) is 53.1 Å². The molecule has 27 heavy (non-hydrogen) atoms. The van der Waals surface area contributed by atoms with E-state index in [0.717, 1.165) is 0 Å². The molecular weight excluding hydrogens is 386 g/mol. The number of nitrogens with zero attached hydrogens (tertiary/aromatic N) is 4. The maximum Gasteiger partial charge on any atom is 0.255 e. The second-order valence-electron chi connectivity index (χ2n) is 5.56. The van der Waals surface area contributed by atoms with E-state index in [0.29, 0.717) is 29.5 Å². The Kier molecular flexibility index (Phi) is 5.68. The third-order valence-electron chi connectivity index (χ3n) is 3.92. The molecule has 0 saturated carbocycles. The number of sulfonamides is 1. The molecule has 0 aliphatic carbocycles. The molecule has 2 aromatic heterocycles. The van der Waals surface area contributed by atoms with Crippen molar-refractivity contribution in [2.45, 2.75) is 18.7 Å². The molecule has 0 fully saturated rings. The molecule has 0 bridgehead atoms. The Morgan fingerprint density at radius 3 is 2.52 bits per heavy atom. The van der Waals surface area contributed by atoms with E-state index in [4.69, 9.17) is 0 Å². The van der Waals surface area contributed by atoms with E-state index in [9.17, 15) is 13.2 Å². The first-order valence-electron chi connectivity index (χ1n) is 8.31. The summed E-state index contributed by atoms with van der Waals surface area (Å²) in [5.74, 6) is -0.347. The number of nitrogens with one attached hydrogen (secondary N) is 1. The summed E-state index contributed by atoms with van der Waals surface area (Å²) in [6.07, 6.45) is 4.86. The number of benzene rings is 1. The van der Waals surface area contributed by atoms with Crippen molar-refractivity contribution >= 4 is 33.0 Å². The number of carbonyl (C=O) groups is 1. The summed E-state index contributed by atoms with van der Waals surface area (Å²) in [5, 5.41) is 9.43. The van der Waals surface area contributed by atoms with Crippen LogP contribution in [-0.4, -0.2) is 46.5 Å². The van der Waals surface area contributed by atoms with Crippen LogP contribution in [0.3, 0.4) is 0 Å². The molecule has 0 aliphatic rings. The monoisotopic (exact) mass is 405 g/mol. The smallest absolute Gasteiger partial charge is 0.255 e. The molecular formula is C17H19N5O3S2. The lowest BCUT2D eigenvalue weighted by atomic mass is 10.2. The van der Waals surface area contributed by atoms with Gasteiger partial charge in [0.25, 0.3) is 5.91 Å². The van der Waals surface area contributed by atoms with Crippen molar-refractivity contribution < 1.29 is 13.2 Å². The number of hydrogen-bond acceptors (Lipinski definition) is 6. The van der Waals surface area contributed by atoms with Crippen LogP contribution in [0, 0.1) is 0 Å². The van der Waals surface area contributed by atoms with Crippen LogP contribution in [0.4, 0.5) is 5.69 Å². The number of thiazole rings is 1. The molecule has 0 radical (unpaired) electrons. The van der Waals surface area contributed by atoms with Crippen molar-refractivity contribution in [1.82, 2.24) is 19.1 Å². The van der Waals surface area contributed by atoms with Gasteiger partial charge < -0.3 is 5.32 Å². The summed E-state index contributed by atoms with van der Waals surface area (Å²) >= 11 is 1.43. The highest BCUT2D eigenvalue weighted by Gasteiger charge is 2.21. The summed E-state index contributed by atoms with van der Waals surface area (Å²) in [6.45, 7) is 4.36. The number of hydrogen-bond donors (Lipinski definition) is 1. The zero-order valence-electron chi connectivity index (χ0n) is 14.9. The minimum absolute atomic E-state index is 0.166. The zero-order chi connectivity index (χ0) is 19.4. The third-order valence-corrected chi connectivity index (χ3v) is 6.74. The average molecular weight is 406 g/mol. The standard InChI is InChI=1S/C17H19N5O3S2/c1-3-21(4-2)27(24,25)15-7-5-13(6-8-15)16(23)20-14-11-19-22(12-14)17-18-9-10-26-17/h5-12H,3-4H2,1-2H3,(H,20,23). The van der Waals surface area contributed by atoms with Gasteiger partial charge in [-0.1, -0.05) is 13.8 Å². The van der Waals surface area contributed by atoms with E-state index in [2.05, 4.69) is 15.4 Å². The SMILES string of the molecule is CCN(CC)S(=O)(=O)c1ccc(C(=O)Nc2cnn(-c3nccs3)c2)cc1. The van der Waals surface area contributed by atoms with E-state index in [-0.39, 0.29) is 10.8 Å². The fraction of sp³-hybridized carbons (Fsp3) is 0.235. The van der Waals surface area contributed by atoms with E-state index in [1.54, 1.807) is 30.9 Å².